The number of carboxylic acid groups (broad SMARTS) is 1. The summed E-state index contributed by atoms with van der Waals surface area (Å²) >= 11 is 10.9. The third-order valence-electron chi connectivity index (χ3n) is 2.79. The Kier molecular flexibility index (Phi) is 5.88. The first-order valence-corrected chi connectivity index (χ1v) is 8.16. The third kappa shape index (κ3) is 4.25. The fourth-order valence-electron chi connectivity index (χ4n) is 1.79. The summed E-state index contributed by atoms with van der Waals surface area (Å²) in [5.74, 6) is 0. The van der Waals surface area contributed by atoms with Crippen molar-refractivity contribution in [1.82, 2.24) is 5.32 Å². The van der Waals surface area contributed by atoms with E-state index in [-0.39, 0.29) is 6.54 Å². The van der Waals surface area contributed by atoms with Crippen LogP contribution in [0.3, 0.4) is 0 Å². The van der Waals surface area contributed by atoms with E-state index >= 15 is 0 Å². The highest BCUT2D eigenvalue weighted by Gasteiger charge is 2.12. The zero-order valence-corrected chi connectivity index (χ0v) is 14.3. The van der Waals surface area contributed by atoms with Gasteiger partial charge in [0.25, 0.3) is 0 Å². The van der Waals surface area contributed by atoms with Crippen LogP contribution in [0.5, 0.6) is 0 Å². The monoisotopic (exact) mass is 399 g/mol. The predicted molar refractivity (Wildman–Crippen MR) is 90.0 cm³/mol. The van der Waals surface area contributed by atoms with Crippen LogP contribution in [-0.4, -0.2) is 17.5 Å². The van der Waals surface area contributed by atoms with Crippen molar-refractivity contribution >= 4 is 51.7 Å². The second kappa shape index (κ2) is 7.67. The molecule has 2 aromatic rings. The zero-order valence-electron chi connectivity index (χ0n) is 11.2. The fraction of sp³-hybridized carbons (Fsp3) is 0.0667. The molecule has 0 aliphatic rings. The quantitative estimate of drug-likeness (QED) is 0.705. The van der Waals surface area contributed by atoms with Crippen LogP contribution < -0.4 is 5.32 Å². The van der Waals surface area contributed by atoms with Gasteiger partial charge in [0.15, 0.2) is 6.29 Å². The topological polar surface area (TPSA) is 66.4 Å². The molecule has 114 valence electrons. The van der Waals surface area contributed by atoms with E-state index in [1.165, 1.54) is 11.8 Å². The first-order valence-electron chi connectivity index (χ1n) is 6.18. The highest BCUT2D eigenvalue weighted by atomic mass is 79.9. The van der Waals surface area contributed by atoms with Crippen LogP contribution in [0.25, 0.3) is 0 Å². The molecule has 0 saturated carbocycles. The molecule has 2 rings (SSSR count). The van der Waals surface area contributed by atoms with E-state index in [1.807, 2.05) is 12.1 Å². The van der Waals surface area contributed by atoms with E-state index in [0.717, 1.165) is 26.1 Å². The highest BCUT2D eigenvalue weighted by molar-refractivity contribution is 9.10. The van der Waals surface area contributed by atoms with Gasteiger partial charge in [-0.3, -0.25) is 4.79 Å². The number of carbonyl (C=O) groups is 2. The molecular weight excluding hydrogens is 390 g/mol. The minimum atomic E-state index is -1.10. The van der Waals surface area contributed by atoms with Crippen LogP contribution in [-0.2, 0) is 6.54 Å². The van der Waals surface area contributed by atoms with Crippen LogP contribution in [0.15, 0.2) is 50.7 Å². The van der Waals surface area contributed by atoms with Gasteiger partial charge in [-0.1, -0.05) is 51.4 Å². The van der Waals surface area contributed by atoms with Gasteiger partial charge >= 0.3 is 6.09 Å². The minimum Gasteiger partial charge on any atom is -0.465 e. The second-order valence-corrected chi connectivity index (χ2v) is 6.66. The van der Waals surface area contributed by atoms with Crippen molar-refractivity contribution in [3.63, 3.8) is 0 Å². The predicted octanol–water partition coefficient (Wildman–Crippen LogP) is 4.83. The lowest BCUT2D eigenvalue weighted by Crippen LogP contribution is -2.20. The van der Waals surface area contributed by atoms with Gasteiger partial charge in [0, 0.05) is 26.4 Å². The minimum absolute atomic E-state index is 0.144. The van der Waals surface area contributed by atoms with Crippen molar-refractivity contribution < 1.29 is 14.7 Å². The van der Waals surface area contributed by atoms with Gasteiger partial charge in [-0.15, -0.1) is 0 Å². The van der Waals surface area contributed by atoms with Crippen LogP contribution >= 0.6 is 39.3 Å². The summed E-state index contributed by atoms with van der Waals surface area (Å²) in [6.07, 6.45) is -0.327. The summed E-state index contributed by atoms with van der Waals surface area (Å²) in [5.41, 5.74) is 1.29. The van der Waals surface area contributed by atoms with Crippen molar-refractivity contribution in [2.45, 2.75) is 16.3 Å². The average Bonchev–Trinajstić information content (AvgIpc) is 2.49. The van der Waals surface area contributed by atoms with Crippen molar-refractivity contribution in [2.75, 3.05) is 0 Å². The molecule has 0 spiro atoms. The fourth-order valence-corrected chi connectivity index (χ4v) is 3.50. The Bertz CT molecular complexity index is 724. The Hall–Kier alpha value is -1.50. The number of rotatable bonds is 5. The van der Waals surface area contributed by atoms with Gasteiger partial charge in [0.2, 0.25) is 0 Å². The SMILES string of the molecule is O=Cc1cc(Br)ccc1Sc1c(Cl)cccc1CNC(=O)O. The summed E-state index contributed by atoms with van der Waals surface area (Å²) in [4.78, 5) is 23.3. The van der Waals surface area contributed by atoms with Crippen molar-refractivity contribution in [2.24, 2.45) is 0 Å². The van der Waals surface area contributed by atoms with Gasteiger partial charge in [0.05, 0.1) is 5.02 Å². The molecular formula is C15H11BrClNO3S. The van der Waals surface area contributed by atoms with Crippen molar-refractivity contribution in [3.8, 4) is 0 Å². The normalized spacial score (nSPS) is 10.3. The lowest BCUT2D eigenvalue weighted by atomic mass is 10.2. The van der Waals surface area contributed by atoms with Gasteiger partial charge in [-0.05, 0) is 29.8 Å². The van der Waals surface area contributed by atoms with Gasteiger partial charge in [-0.25, -0.2) is 4.79 Å². The number of nitrogens with one attached hydrogen (secondary N) is 1. The van der Waals surface area contributed by atoms with Gasteiger partial charge in [-0.2, -0.15) is 0 Å². The Morgan fingerprint density at radius 1 is 1.36 bits per heavy atom. The standard InChI is InChI=1S/C15H11BrClNO3S/c16-11-4-5-13(10(6-11)8-19)22-14-9(7-18-15(20)21)2-1-3-12(14)17/h1-6,8,18H,7H2,(H,20,21). The molecule has 2 N–H and O–H groups in total. The number of amides is 1. The zero-order chi connectivity index (χ0) is 16.1. The molecule has 4 nitrogen and oxygen atoms in total. The Morgan fingerprint density at radius 3 is 2.82 bits per heavy atom. The first kappa shape index (κ1) is 16.9. The molecule has 0 fully saturated rings. The van der Waals surface area contributed by atoms with Crippen LogP contribution in [0.4, 0.5) is 4.79 Å². The van der Waals surface area contributed by atoms with Gasteiger partial charge in [0.1, 0.15) is 0 Å². The summed E-state index contributed by atoms with van der Waals surface area (Å²) in [5, 5.41) is 11.6. The molecule has 22 heavy (non-hydrogen) atoms. The van der Waals surface area contributed by atoms with E-state index in [0.29, 0.717) is 10.6 Å². The van der Waals surface area contributed by atoms with E-state index < -0.39 is 6.09 Å². The number of halogens is 2. The number of benzene rings is 2. The van der Waals surface area contributed by atoms with E-state index in [1.54, 1.807) is 24.3 Å². The number of carbonyl (C=O) groups excluding carboxylic acids is 1. The highest BCUT2D eigenvalue weighted by Crippen LogP contribution is 2.38. The lowest BCUT2D eigenvalue weighted by molar-refractivity contribution is 0.112. The molecule has 0 saturated heterocycles. The van der Waals surface area contributed by atoms with Crippen LogP contribution in [0.1, 0.15) is 15.9 Å². The average molecular weight is 401 g/mol. The molecule has 0 aromatic heterocycles. The summed E-state index contributed by atoms with van der Waals surface area (Å²) in [6, 6.07) is 10.7. The largest absolute Gasteiger partial charge is 0.465 e. The van der Waals surface area contributed by atoms with E-state index in [9.17, 15) is 9.59 Å². The molecule has 0 atom stereocenters. The molecule has 0 radical (unpaired) electrons. The van der Waals surface area contributed by atoms with E-state index in [2.05, 4.69) is 21.2 Å². The van der Waals surface area contributed by atoms with Crippen LogP contribution in [0, 0.1) is 0 Å². The first-order chi connectivity index (χ1) is 10.5. The maximum Gasteiger partial charge on any atom is 0.404 e. The summed E-state index contributed by atoms with van der Waals surface area (Å²) in [6.45, 7) is 0.144. The number of aldehydes is 1. The van der Waals surface area contributed by atoms with Crippen LogP contribution in [0.2, 0.25) is 5.02 Å². The smallest absolute Gasteiger partial charge is 0.404 e. The Balaban J connectivity index is 2.36. The molecule has 0 bridgehead atoms. The molecule has 0 aliphatic heterocycles. The van der Waals surface area contributed by atoms with Crippen molar-refractivity contribution in [3.05, 3.63) is 57.0 Å². The number of hydrogen-bond donors (Lipinski definition) is 2. The number of hydrogen-bond acceptors (Lipinski definition) is 3. The maximum atomic E-state index is 11.2. The molecule has 7 heteroatoms. The molecule has 0 heterocycles. The lowest BCUT2D eigenvalue weighted by Gasteiger charge is -2.12. The van der Waals surface area contributed by atoms with Crippen molar-refractivity contribution in [1.29, 1.82) is 0 Å². The Morgan fingerprint density at radius 2 is 2.14 bits per heavy atom. The third-order valence-corrected chi connectivity index (χ3v) is 4.99. The van der Waals surface area contributed by atoms with E-state index in [4.69, 9.17) is 16.7 Å². The second-order valence-electron chi connectivity index (χ2n) is 4.29. The molecule has 2 aromatic carbocycles. The van der Waals surface area contributed by atoms with Gasteiger partial charge < -0.3 is 10.4 Å². The summed E-state index contributed by atoms with van der Waals surface area (Å²) in [7, 11) is 0. The molecule has 1 amide bonds. The Labute approximate surface area is 145 Å². The molecule has 0 aliphatic carbocycles. The maximum absolute atomic E-state index is 11.2. The summed E-state index contributed by atoms with van der Waals surface area (Å²) < 4.78 is 0.811. The molecule has 0 unspecified atom stereocenters.